The van der Waals surface area contributed by atoms with E-state index in [1.54, 1.807) is 13.0 Å². The molecule has 1 saturated heterocycles. The van der Waals surface area contributed by atoms with Gasteiger partial charge in [0.1, 0.15) is 11.1 Å². The van der Waals surface area contributed by atoms with Gasteiger partial charge in [0.15, 0.2) is 9.84 Å². The summed E-state index contributed by atoms with van der Waals surface area (Å²) in [4.78, 5) is 16.0. The van der Waals surface area contributed by atoms with Crippen LogP contribution in [0.25, 0.3) is 0 Å². The molecule has 1 aliphatic heterocycles. The Bertz CT molecular complexity index is 598. The number of nitrogens with zero attached hydrogens (tertiary/aromatic N) is 1. The predicted octanol–water partition coefficient (Wildman–Crippen LogP) is 0.878. The van der Waals surface area contributed by atoms with Crippen molar-refractivity contribution in [3.05, 3.63) is 17.8 Å². The topological polar surface area (TPSA) is 102 Å². The van der Waals surface area contributed by atoms with Crippen molar-refractivity contribution in [1.82, 2.24) is 4.98 Å². The second-order valence-corrected chi connectivity index (χ2v) is 7.07. The molecule has 6 nitrogen and oxygen atoms in total. The minimum absolute atomic E-state index is 0.0826. The number of sulfone groups is 1. The number of aromatic nitrogens is 1. The lowest BCUT2D eigenvalue weighted by Gasteiger charge is -2.21. The van der Waals surface area contributed by atoms with Gasteiger partial charge in [-0.15, -0.1) is 0 Å². The lowest BCUT2D eigenvalue weighted by Crippen LogP contribution is -2.39. The van der Waals surface area contributed by atoms with Crippen LogP contribution in [0.4, 0.5) is 11.5 Å². The van der Waals surface area contributed by atoms with Gasteiger partial charge in [0.2, 0.25) is 5.91 Å². The number of carbonyl (C=O) groups excluding carboxylic acids is 1. The van der Waals surface area contributed by atoms with E-state index < -0.39 is 21.0 Å². The fraction of sp³-hybridized carbons (Fsp3) is 0.500. The SMILES string of the molecule is Cc1cc(NC(=O)C2CCCCS2(=O)=O)ncc1N. The Balaban J connectivity index is 2.14. The first-order chi connectivity index (χ1) is 8.90. The highest BCUT2D eigenvalue weighted by molar-refractivity contribution is 7.92. The molecule has 7 heteroatoms. The van der Waals surface area contributed by atoms with Crippen LogP contribution in [0.3, 0.4) is 0 Å². The fourth-order valence-corrected chi connectivity index (χ4v) is 3.89. The van der Waals surface area contributed by atoms with Gasteiger partial charge in [0.25, 0.3) is 0 Å². The Hall–Kier alpha value is -1.63. The van der Waals surface area contributed by atoms with Crippen LogP contribution >= 0.6 is 0 Å². The average Bonchev–Trinajstić information content (AvgIpc) is 2.33. The van der Waals surface area contributed by atoms with Crippen LogP contribution in [0.5, 0.6) is 0 Å². The number of hydrogen-bond donors (Lipinski definition) is 2. The predicted molar refractivity (Wildman–Crippen MR) is 73.4 cm³/mol. The summed E-state index contributed by atoms with van der Waals surface area (Å²) < 4.78 is 23.7. The summed E-state index contributed by atoms with van der Waals surface area (Å²) in [5.74, 6) is -0.0897. The molecule has 0 saturated carbocycles. The molecule has 0 aromatic carbocycles. The summed E-state index contributed by atoms with van der Waals surface area (Å²) in [5.41, 5.74) is 6.95. The fourth-order valence-electron chi connectivity index (χ4n) is 2.09. The zero-order valence-electron chi connectivity index (χ0n) is 10.7. The molecule has 0 radical (unpaired) electrons. The molecule has 0 spiro atoms. The van der Waals surface area contributed by atoms with Gasteiger partial charge in [-0.1, -0.05) is 6.42 Å². The van der Waals surface area contributed by atoms with Crippen molar-refractivity contribution in [2.45, 2.75) is 31.4 Å². The number of carbonyl (C=O) groups is 1. The molecule has 1 aromatic rings. The van der Waals surface area contributed by atoms with Crippen LogP contribution in [-0.4, -0.2) is 30.3 Å². The molecule has 1 atom stereocenters. The highest BCUT2D eigenvalue weighted by Gasteiger charge is 2.34. The van der Waals surface area contributed by atoms with E-state index in [-0.39, 0.29) is 5.75 Å². The zero-order chi connectivity index (χ0) is 14.0. The van der Waals surface area contributed by atoms with Crippen LogP contribution in [0.15, 0.2) is 12.3 Å². The van der Waals surface area contributed by atoms with Gasteiger partial charge in [-0.05, 0) is 31.4 Å². The maximum atomic E-state index is 12.0. The normalized spacial score (nSPS) is 21.8. The number of amides is 1. The molecular weight excluding hydrogens is 266 g/mol. The Morgan fingerprint density at radius 3 is 2.84 bits per heavy atom. The number of anilines is 2. The molecule has 3 N–H and O–H groups in total. The summed E-state index contributed by atoms with van der Waals surface area (Å²) >= 11 is 0. The number of hydrogen-bond acceptors (Lipinski definition) is 5. The molecule has 104 valence electrons. The van der Waals surface area contributed by atoms with E-state index in [4.69, 9.17) is 5.73 Å². The molecule has 2 rings (SSSR count). The second-order valence-electron chi connectivity index (χ2n) is 4.77. The largest absolute Gasteiger partial charge is 0.397 e. The molecule has 1 amide bonds. The molecule has 19 heavy (non-hydrogen) atoms. The average molecular weight is 283 g/mol. The molecule has 0 aliphatic carbocycles. The first-order valence-electron chi connectivity index (χ1n) is 6.15. The Morgan fingerprint density at radius 1 is 1.47 bits per heavy atom. The monoisotopic (exact) mass is 283 g/mol. The molecule has 0 bridgehead atoms. The number of aryl methyl sites for hydroxylation is 1. The van der Waals surface area contributed by atoms with Crippen molar-refractivity contribution in [3.8, 4) is 0 Å². The number of nitrogens with two attached hydrogens (primary N) is 1. The maximum absolute atomic E-state index is 12.0. The number of rotatable bonds is 2. The van der Waals surface area contributed by atoms with E-state index in [0.717, 1.165) is 12.0 Å². The molecule has 1 aromatic heterocycles. The minimum Gasteiger partial charge on any atom is -0.397 e. The molecule has 1 unspecified atom stereocenters. The quantitative estimate of drug-likeness (QED) is 0.838. The van der Waals surface area contributed by atoms with Crippen molar-refractivity contribution in [2.75, 3.05) is 16.8 Å². The van der Waals surface area contributed by atoms with Crippen LogP contribution in [0.1, 0.15) is 24.8 Å². The first-order valence-corrected chi connectivity index (χ1v) is 7.86. The summed E-state index contributed by atoms with van der Waals surface area (Å²) in [6.45, 7) is 1.80. The molecule has 2 heterocycles. The van der Waals surface area contributed by atoms with Gasteiger partial charge in [-0.3, -0.25) is 4.79 Å². The van der Waals surface area contributed by atoms with Crippen molar-refractivity contribution in [3.63, 3.8) is 0 Å². The van der Waals surface area contributed by atoms with Gasteiger partial charge < -0.3 is 11.1 Å². The third-order valence-corrected chi connectivity index (χ3v) is 5.45. The lowest BCUT2D eigenvalue weighted by molar-refractivity contribution is -0.116. The number of pyridine rings is 1. The van der Waals surface area contributed by atoms with Crippen molar-refractivity contribution < 1.29 is 13.2 Å². The maximum Gasteiger partial charge on any atom is 0.243 e. The highest BCUT2D eigenvalue weighted by atomic mass is 32.2. The van der Waals surface area contributed by atoms with Gasteiger partial charge in [-0.2, -0.15) is 0 Å². The zero-order valence-corrected chi connectivity index (χ0v) is 11.5. The third kappa shape index (κ3) is 3.04. The van der Waals surface area contributed by atoms with Crippen LogP contribution in [0.2, 0.25) is 0 Å². The van der Waals surface area contributed by atoms with Crippen LogP contribution < -0.4 is 11.1 Å². The Labute approximate surface area is 112 Å². The Kier molecular flexibility index (Phi) is 3.75. The van der Waals surface area contributed by atoms with Gasteiger partial charge >= 0.3 is 0 Å². The first kappa shape index (κ1) is 13.8. The van der Waals surface area contributed by atoms with Crippen molar-refractivity contribution >= 4 is 27.2 Å². The van der Waals surface area contributed by atoms with Gasteiger partial charge in [-0.25, -0.2) is 13.4 Å². The highest BCUT2D eigenvalue weighted by Crippen LogP contribution is 2.21. The van der Waals surface area contributed by atoms with E-state index >= 15 is 0 Å². The molecule has 1 fully saturated rings. The minimum atomic E-state index is -3.33. The summed E-state index contributed by atoms with van der Waals surface area (Å²) in [6.07, 6.45) is 3.21. The van der Waals surface area contributed by atoms with Gasteiger partial charge in [0.05, 0.1) is 17.6 Å². The van der Waals surface area contributed by atoms with Crippen molar-refractivity contribution in [1.29, 1.82) is 0 Å². The van der Waals surface area contributed by atoms with E-state index in [0.29, 0.717) is 24.3 Å². The lowest BCUT2D eigenvalue weighted by atomic mass is 10.2. The Morgan fingerprint density at radius 2 is 2.21 bits per heavy atom. The van der Waals surface area contributed by atoms with Crippen LogP contribution in [0, 0.1) is 6.92 Å². The van der Waals surface area contributed by atoms with Crippen molar-refractivity contribution in [2.24, 2.45) is 0 Å². The van der Waals surface area contributed by atoms with Gasteiger partial charge in [0, 0.05) is 0 Å². The van der Waals surface area contributed by atoms with Crippen LogP contribution in [-0.2, 0) is 14.6 Å². The molecular formula is C12H17N3O3S. The molecule has 1 aliphatic rings. The van der Waals surface area contributed by atoms with E-state index in [2.05, 4.69) is 10.3 Å². The smallest absolute Gasteiger partial charge is 0.243 e. The summed E-state index contributed by atoms with van der Waals surface area (Å²) in [5, 5.41) is 1.59. The summed E-state index contributed by atoms with van der Waals surface area (Å²) in [6, 6.07) is 1.63. The van der Waals surface area contributed by atoms with E-state index in [9.17, 15) is 13.2 Å². The third-order valence-electron chi connectivity index (χ3n) is 3.27. The van der Waals surface area contributed by atoms with E-state index in [1.807, 2.05) is 0 Å². The summed E-state index contributed by atoms with van der Waals surface area (Å²) in [7, 11) is -3.33. The number of nitrogen functional groups attached to an aromatic ring is 1. The standard InChI is InChI=1S/C12H17N3O3S/c1-8-6-11(14-7-9(8)13)15-12(16)10-4-2-3-5-19(10,17)18/h6-7,10H,2-5,13H2,1H3,(H,14,15,16). The van der Waals surface area contributed by atoms with E-state index in [1.165, 1.54) is 6.20 Å². The number of nitrogens with one attached hydrogen (secondary N) is 1. The second kappa shape index (κ2) is 5.16.